The summed E-state index contributed by atoms with van der Waals surface area (Å²) in [6.45, 7) is 0.633. The molecule has 0 aliphatic heterocycles. The van der Waals surface area contributed by atoms with Crippen molar-refractivity contribution >= 4 is 11.6 Å². The summed E-state index contributed by atoms with van der Waals surface area (Å²) in [5.41, 5.74) is 1.26. The molecule has 0 aliphatic rings. The van der Waals surface area contributed by atoms with E-state index in [0.29, 0.717) is 11.6 Å². The molecule has 0 unspecified atom stereocenters. The normalized spacial score (nSPS) is 10.1. The van der Waals surface area contributed by atoms with Gasteiger partial charge in [-0.3, -0.25) is 0 Å². The van der Waals surface area contributed by atoms with E-state index in [4.69, 9.17) is 16.3 Å². The van der Waals surface area contributed by atoms with E-state index >= 15 is 0 Å². The predicted molar refractivity (Wildman–Crippen MR) is 65.9 cm³/mol. The quantitative estimate of drug-likeness (QED) is 0.779. The second kappa shape index (κ2) is 5.57. The molecule has 2 aromatic carbocycles. The third kappa shape index (κ3) is 3.01. The summed E-state index contributed by atoms with van der Waals surface area (Å²) in [5.74, 6) is 0.719. The van der Waals surface area contributed by atoms with Gasteiger partial charge in [-0.25, -0.2) is 0 Å². The topological polar surface area (TPSA) is 9.23 Å². The Morgan fingerprint density at radius 1 is 1.12 bits per heavy atom. The maximum Gasteiger partial charge on any atom is 0.137 e. The van der Waals surface area contributed by atoms with Crippen LogP contribution in [0.2, 0.25) is 5.02 Å². The van der Waals surface area contributed by atoms with E-state index in [1.807, 2.05) is 24.3 Å². The van der Waals surface area contributed by atoms with Gasteiger partial charge < -0.3 is 4.74 Å². The molecule has 0 saturated heterocycles. The average molecular weight is 232 g/mol. The molecule has 2 aromatic rings. The van der Waals surface area contributed by atoms with E-state index < -0.39 is 0 Å². The number of halogens is 1. The lowest BCUT2D eigenvalue weighted by Gasteiger charge is -2.07. The molecule has 16 heavy (non-hydrogen) atoms. The first-order valence-corrected chi connectivity index (χ1v) is 5.56. The van der Waals surface area contributed by atoms with Gasteiger partial charge in [-0.15, -0.1) is 0 Å². The Hall–Kier alpha value is -1.47. The number of ether oxygens (including phenoxy) is 1. The first-order valence-electron chi connectivity index (χ1n) is 5.18. The molecule has 2 heteroatoms. The zero-order valence-electron chi connectivity index (χ0n) is 8.82. The largest absolute Gasteiger partial charge is 0.492 e. The van der Waals surface area contributed by atoms with Gasteiger partial charge in [0.1, 0.15) is 5.75 Å². The first-order chi connectivity index (χ1) is 7.86. The van der Waals surface area contributed by atoms with Crippen LogP contribution >= 0.6 is 11.6 Å². The third-order valence-corrected chi connectivity index (χ3v) is 2.56. The molecule has 0 spiro atoms. The van der Waals surface area contributed by atoms with Crippen molar-refractivity contribution in [1.82, 2.24) is 0 Å². The smallest absolute Gasteiger partial charge is 0.137 e. The van der Waals surface area contributed by atoms with E-state index in [1.165, 1.54) is 5.56 Å². The van der Waals surface area contributed by atoms with Crippen LogP contribution in [0.25, 0.3) is 0 Å². The number of rotatable bonds is 4. The molecule has 0 aromatic heterocycles. The molecule has 0 heterocycles. The van der Waals surface area contributed by atoms with Crippen LogP contribution < -0.4 is 4.74 Å². The highest BCUT2D eigenvalue weighted by Gasteiger charge is 1.99. The fraction of sp³-hybridized carbons (Fsp3) is 0.143. The van der Waals surface area contributed by atoms with Gasteiger partial charge in [0.2, 0.25) is 0 Å². The molecular weight excluding hydrogens is 220 g/mol. The van der Waals surface area contributed by atoms with Crippen LogP contribution in [-0.2, 0) is 6.42 Å². The minimum atomic E-state index is 0.607. The van der Waals surface area contributed by atoms with Gasteiger partial charge in [-0.1, -0.05) is 48.0 Å². The second-order valence-electron chi connectivity index (χ2n) is 3.44. The maximum absolute atomic E-state index is 5.95. The Kier molecular flexibility index (Phi) is 3.84. The van der Waals surface area contributed by atoms with E-state index in [-0.39, 0.29) is 0 Å². The van der Waals surface area contributed by atoms with Gasteiger partial charge in [0, 0.05) is 6.42 Å². The Morgan fingerprint density at radius 3 is 2.69 bits per heavy atom. The molecule has 81 valence electrons. The molecule has 0 fully saturated rings. The summed E-state index contributed by atoms with van der Waals surface area (Å²) < 4.78 is 5.59. The Balaban J connectivity index is 1.87. The van der Waals surface area contributed by atoms with Crippen molar-refractivity contribution in [2.45, 2.75) is 6.42 Å². The Labute approximate surface area is 101 Å². The van der Waals surface area contributed by atoms with Gasteiger partial charge in [0.05, 0.1) is 11.6 Å². The van der Waals surface area contributed by atoms with Crippen LogP contribution in [0.4, 0.5) is 0 Å². The van der Waals surface area contributed by atoms with E-state index in [2.05, 4.69) is 18.2 Å². The van der Waals surface area contributed by atoms with Gasteiger partial charge in [-0.05, 0) is 23.8 Å². The number of benzene rings is 2. The summed E-state index contributed by atoms with van der Waals surface area (Å²) in [6.07, 6.45) is 0.885. The first kappa shape index (κ1) is 11.0. The Morgan fingerprint density at radius 2 is 1.94 bits per heavy atom. The molecular formula is C14H12ClO. The maximum atomic E-state index is 5.95. The van der Waals surface area contributed by atoms with E-state index in [9.17, 15) is 0 Å². The summed E-state index contributed by atoms with van der Waals surface area (Å²) in [7, 11) is 0. The van der Waals surface area contributed by atoms with Gasteiger partial charge in [0.15, 0.2) is 0 Å². The van der Waals surface area contributed by atoms with Crippen molar-refractivity contribution in [1.29, 1.82) is 0 Å². The minimum Gasteiger partial charge on any atom is -0.492 e. The van der Waals surface area contributed by atoms with Crippen molar-refractivity contribution in [3.8, 4) is 5.75 Å². The zero-order valence-corrected chi connectivity index (χ0v) is 9.58. The van der Waals surface area contributed by atoms with E-state index in [1.54, 1.807) is 12.1 Å². The molecule has 0 atom stereocenters. The number of hydrogen-bond donors (Lipinski definition) is 0. The van der Waals surface area contributed by atoms with Gasteiger partial charge in [0.25, 0.3) is 0 Å². The summed E-state index contributed by atoms with van der Waals surface area (Å²) in [4.78, 5) is 0. The lowest BCUT2D eigenvalue weighted by atomic mass is 10.2. The molecule has 0 aliphatic carbocycles. The third-order valence-electron chi connectivity index (χ3n) is 2.27. The summed E-state index contributed by atoms with van der Waals surface area (Å²) in [6, 6.07) is 18.5. The predicted octanol–water partition coefficient (Wildman–Crippen LogP) is 3.76. The molecule has 0 amide bonds. The van der Waals surface area contributed by atoms with Crippen LogP contribution in [0.15, 0.2) is 48.5 Å². The average Bonchev–Trinajstić information content (AvgIpc) is 2.33. The van der Waals surface area contributed by atoms with Crippen molar-refractivity contribution < 1.29 is 4.74 Å². The molecule has 0 bridgehead atoms. The van der Waals surface area contributed by atoms with Gasteiger partial charge >= 0.3 is 0 Å². The van der Waals surface area contributed by atoms with Crippen molar-refractivity contribution in [3.05, 3.63) is 65.2 Å². The lowest BCUT2D eigenvalue weighted by molar-refractivity contribution is 0.322. The zero-order chi connectivity index (χ0) is 11.2. The van der Waals surface area contributed by atoms with Crippen LogP contribution in [0.5, 0.6) is 5.75 Å². The lowest BCUT2D eigenvalue weighted by Crippen LogP contribution is -2.01. The van der Waals surface area contributed by atoms with Crippen molar-refractivity contribution in [3.63, 3.8) is 0 Å². The molecule has 2 rings (SSSR count). The van der Waals surface area contributed by atoms with Gasteiger partial charge in [-0.2, -0.15) is 0 Å². The molecule has 0 N–H and O–H groups in total. The van der Waals surface area contributed by atoms with Crippen LogP contribution in [0.1, 0.15) is 5.56 Å². The SMILES string of the molecule is Clc1c[c]ccc1OCCc1ccccc1. The minimum absolute atomic E-state index is 0.607. The second-order valence-corrected chi connectivity index (χ2v) is 3.85. The van der Waals surface area contributed by atoms with E-state index in [0.717, 1.165) is 12.2 Å². The van der Waals surface area contributed by atoms with Crippen LogP contribution in [0.3, 0.4) is 0 Å². The van der Waals surface area contributed by atoms with Crippen LogP contribution in [-0.4, -0.2) is 6.61 Å². The number of hydrogen-bond acceptors (Lipinski definition) is 1. The highest BCUT2D eigenvalue weighted by molar-refractivity contribution is 6.32. The van der Waals surface area contributed by atoms with Crippen LogP contribution in [0, 0.1) is 6.07 Å². The Bertz CT molecular complexity index is 439. The van der Waals surface area contributed by atoms with Crippen molar-refractivity contribution in [2.75, 3.05) is 6.61 Å². The molecule has 1 nitrogen and oxygen atoms in total. The standard InChI is InChI=1S/C14H12ClO/c15-13-8-4-5-9-14(13)16-11-10-12-6-2-1-3-7-12/h1-3,5-9H,10-11H2. The fourth-order valence-corrected chi connectivity index (χ4v) is 1.62. The summed E-state index contributed by atoms with van der Waals surface area (Å²) >= 11 is 5.95. The molecule has 1 radical (unpaired) electrons. The highest BCUT2D eigenvalue weighted by atomic mass is 35.5. The summed E-state index contributed by atoms with van der Waals surface area (Å²) in [5, 5.41) is 0.607. The highest BCUT2D eigenvalue weighted by Crippen LogP contribution is 2.22. The van der Waals surface area contributed by atoms with Crippen molar-refractivity contribution in [2.24, 2.45) is 0 Å². The fourth-order valence-electron chi connectivity index (χ4n) is 1.44. The molecule has 0 saturated carbocycles. The monoisotopic (exact) mass is 231 g/mol.